The third-order valence-corrected chi connectivity index (χ3v) is 6.63. The van der Waals surface area contributed by atoms with Crippen LogP contribution in [-0.4, -0.2) is 12.3 Å². The summed E-state index contributed by atoms with van der Waals surface area (Å²) >= 11 is 0. The molecule has 0 aromatic rings. The summed E-state index contributed by atoms with van der Waals surface area (Å²) in [6.07, 6.45) is 5.09. The molecule has 0 aliphatic heterocycles. The van der Waals surface area contributed by atoms with Crippen LogP contribution in [0.15, 0.2) is 0 Å². The van der Waals surface area contributed by atoms with Gasteiger partial charge in [-0.05, 0) is 84.9 Å². The van der Waals surface area contributed by atoms with Crippen molar-refractivity contribution in [3.8, 4) is 0 Å². The Hall–Kier alpha value is -0.280. The Bertz CT molecular complexity index is 498. The number of rotatable bonds is 6. The van der Waals surface area contributed by atoms with Crippen molar-refractivity contribution in [2.75, 3.05) is 0 Å². The summed E-state index contributed by atoms with van der Waals surface area (Å²) in [6.45, 7) is 48.0. The van der Waals surface area contributed by atoms with E-state index >= 15 is 0 Å². The van der Waals surface area contributed by atoms with Gasteiger partial charge in [-0.15, -0.1) is 0 Å². The average Bonchev–Trinajstić information content (AvgIpc) is 2.76. The number of alkyl halides is 4. The van der Waals surface area contributed by atoms with E-state index < -0.39 is 18.3 Å². The molecule has 4 heteroatoms. The van der Waals surface area contributed by atoms with Crippen LogP contribution in [0.5, 0.6) is 0 Å². The Morgan fingerprint density at radius 2 is 0.761 bits per heavy atom. The molecule has 0 nitrogen and oxygen atoms in total. The van der Waals surface area contributed by atoms with Gasteiger partial charge in [0.25, 0.3) is 0 Å². The van der Waals surface area contributed by atoms with E-state index in [1.165, 1.54) is 46.0 Å². The van der Waals surface area contributed by atoms with Gasteiger partial charge < -0.3 is 0 Å². The zero-order valence-electron chi connectivity index (χ0n) is 36.1. The average molecular weight is 673 g/mol. The second kappa shape index (κ2) is 33.2. The highest BCUT2D eigenvalue weighted by atomic mass is 19.3. The van der Waals surface area contributed by atoms with Gasteiger partial charge in [0.05, 0.1) is 0 Å². The SMILES string of the molecule is CC(C)C.CC(C)C.CC(C)C(C)C.CC(C)C(F)F.CC(C)CC(C)(C)C.CC(C)CC(C)(F)F.CC1CCC(C(C)C)CC1. The number of halogens is 4. The molecule has 0 aromatic carbocycles. The van der Waals surface area contributed by atoms with E-state index in [9.17, 15) is 17.6 Å². The van der Waals surface area contributed by atoms with Crippen LogP contribution in [0.2, 0.25) is 0 Å². The van der Waals surface area contributed by atoms with Crippen molar-refractivity contribution in [1.29, 1.82) is 0 Å². The van der Waals surface area contributed by atoms with Crippen LogP contribution in [-0.2, 0) is 0 Å². The summed E-state index contributed by atoms with van der Waals surface area (Å²) in [7, 11) is 0. The lowest BCUT2D eigenvalue weighted by atomic mass is 9.78. The van der Waals surface area contributed by atoms with Crippen LogP contribution in [0.1, 0.15) is 198 Å². The fourth-order valence-electron chi connectivity index (χ4n) is 3.89. The summed E-state index contributed by atoms with van der Waals surface area (Å²) < 4.78 is 46.3. The minimum absolute atomic E-state index is 0.00694. The van der Waals surface area contributed by atoms with Crippen molar-refractivity contribution in [2.45, 2.75) is 210 Å². The van der Waals surface area contributed by atoms with Gasteiger partial charge in [0.15, 0.2) is 0 Å². The van der Waals surface area contributed by atoms with Crippen LogP contribution in [0.4, 0.5) is 17.6 Å². The second-order valence-corrected chi connectivity index (χ2v) is 18.6. The second-order valence-electron chi connectivity index (χ2n) is 18.6. The van der Waals surface area contributed by atoms with Crippen molar-refractivity contribution in [3.05, 3.63) is 0 Å². The molecular weight excluding hydrogens is 580 g/mol. The van der Waals surface area contributed by atoms with Gasteiger partial charge in [-0.2, -0.15) is 0 Å². The monoisotopic (exact) mass is 673 g/mol. The third kappa shape index (κ3) is 79.3. The first kappa shape index (κ1) is 58.0. The van der Waals surface area contributed by atoms with E-state index in [2.05, 4.69) is 125 Å². The molecule has 1 aliphatic rings. The molecule has 0 N–H and O–H groups in total. The van der Waals surface area contributed by atoms with Crippen LogP contribution in [0.3, 0.4) is 0 Å². The number of hydrogen-bond donors (Lipinski definition) is 0. The fraction of sp³-hybridized carbons (Fsp3) is 1.00. The molecule has 1 aliphatic carbocycles. The maximum atomic E-state index is 12.0. The van der Waals surface area contributed by atoms with E-state index in [0.29, 0.717) is 5.41 Å². The molecule has 0 saturated heterocycles. The standard InChI is InChI=1S/C10H20.C8H18.C6H12F2.C6H14.C4H8F2.2C4H10/c1-8(2)10-6-4-9(3)5-7-10;1-7(2)6-8(3,4)5;1-5(2)4-6(3,7)8;1-5(2)6(3)4;1-3(2)4(5)6;2*1-4(2)3/h8-10H,4-7H2,1-3H3;7H,6H2,1-5H3;5H,4H2,1-3H3;5-6H,1-4H3;3-4H,1-2H3;2*4H,1-3H3. The molecule has 0 bridgehead atoms. The normalized spacial score (nSPS) is 16.4. The van der Waals surface area contributed by atoms with Crippen molar-refractivity contribution in [2.24, 2.45) is 64.6 Å². The largest absolute Gasteiger partial charge is 0.245 e. The highest BCUT2D eigenvalue weighted by Crippen LogP contribution is 2.32. The topological polar surface area (TPSA) is 0 Å². The minimum Gasteiger partial charge on any atom is -0.210 e. The minimum atomic E-state index is -2.48. The molecule has 288 valence electrons. The van der Waals surface area contributed by atoms with Crippen molar-refractivity contribution in [3.63, 3.8) is 0 Å². The molecule has 0 unspecified atom stereocenters. The fourth-order valence-corrected chi connectivity index (χ4v) is 3.89. The predicted molar refractivity (Wildman–Crippen MR) is 206 cm³/mol. The third-order valence-electron chi connectivity index (χ3n) is 6.63. The highest BCUT2D eigenvalue weighted by Gasteiger charge is 2.22. The summed E-state index contributed by atoms with van der Waals surface area (Å²) in [5.41, 5.74) is 0.522. The molecule has 0 heterocycles. The van der Waals surface area contributed by atoms with E-state index in [0.717, 1.165) is 54.3 Å². The summed E-state index contributed by atoms with van der Waals surface area (Å²) in [5, 5.41) is 0. The lowest BCUT2D eigenvalue weighted by molar-refractivity contribution is 0.000969. The molecule has 0 spiro atoms. The predicted octanol–water partition coefficient (Wildman–Crippen LogP) is 16.8. The van der Waals surface area contributed by atoms with Crippen molar-refractivity contribution < 1.29 is 17.6 Å². The van der Waals surface area contributed by atoms with Crippen LogP contribution in [0, 0.1) is 64.6 Å². The van der Waals surface area contributed by atoms with E-state index in [4.69, 9.17) is 0 Å². The van der Waals surface area contributed by atoms with Gasteiger partial charge in [0.1, 0.15) is 0 Å². The van der Waals surface area contributed by atoms with Crippen LogP contribution < -0.4 is 0 Å². The molecule has 1 rings (SSSR count). The Balaban J connectivity index is -0.000000104. The summed E-state index contributed by atoms with van der Waals surface area (Å²) in [4.78, 5) is 0. The Morgan fingerprint density at radius 3 is 0.848 bits per heavy atom. The zero-order chi connectivity index (χ0) is 38.6. The molecule has 0 amide bonds. The Labute approximate surface area is 291 Å². The zero-order valence-corrected chi connectivity index (χ0v) is 36.1. The van der Waals surface area contributed by atoms with Gasteiger partial charge in [0.2, 0.25) is 12.3 Å². The van der Waals surface area contributed by atoms with Gasteiger partial charge in [-0.25, -0.2) is 17.6 Å². The van der Waals surface area contributed by atoms with E-state index in [1.54, 1.807) is 13.8 Å². The summed E-state index contributed by atoms with van der Waals surface area (Å²) in [6, 6.07) is 0. The first-order chi connectivity index (χ1) is 20.3. The Kier molecular flexibility index (Phi) is 41.9. The first-order valence-electron chi connectivity index (χ1n) is 18.9. The molecule has 0 radical (unpaired) electrons. The van der Waals surface area contributed by atoms with Gasteiger partial charge in [0, 0.05) is 12.3 Å². The highest BCUT2D eigenvalue weighted by molar-refractivity contribution is 4.71. The molecule has 1 saturated carbocycles. The number of hydrogen-bond acceptors (Lipinski definition) is 0. The van der Waals surface area contributed by atoms with E-state index in [-0.39, 0.29) is 12.3 Å². The maximum absolute atomic E-state index is 12.0. The van der Waals surface area contributed by atoms with Crippen LogP contribution >= 0.6 is 0 Å². The van der Waals surface area contributed by atoms with E-state index in [1.807, 2.05) is 0 Å². The van der Waals surface area contributed by atoms with Crippen molar-refractivity contribution in [1.82, 2.24) is 0 Å². The quantitative estimate of drug-likeness (QED) is 0.246. The molecule has 1 fully saturated rings. The lowest BCUT2D eigenvalue weighted by Crippen LogP contribution is -2.16. The molecule has 46 heavy (non-hydrogen) atoms. The maximum Gasteiger partial charge on any atom is 0.245 e. The lowest BCUT2D eigenvalue weighted by Gasteiger charge is -2.28. The Morgan fingerprint density at radius 1 is 0.500 bits per heavy atom. The summed E-state index contributed by atoms with van der Waals surface area (Å²) in [5.74, 6) is 4.32. The molecule has 0 aromatic heterocycles. The smallest absolute Gasteiger partial charge is 0.210 e. The molecule has 0 atom stereocenters. The van der Waals surface area contributed by atoms with Crippen LogP contribution in [0.25, 0.3) is 0 Å². The first-order valence-corrected chi connectivity index (χ1v) is 18.9. The van der Waals surface area contributed by atoms with Crippen molar-refractivity contribution >= 4 is 0 Å². The van der Waals surface area contributed by atoms with Gasteiger partial charge in [-0.1, -0.05) is 165 Å². The molecular formula is C42H92F4. The van der Waals surface area contributed by atoms with Gasteiger partial charge in [-0.3, -0.25) is 0 Å². The van der Waals surface area contributed by atoms with Gasteiger partial charge >= 0.3 is 0 Å².